The van der Waals surface area contributed by atoms with E-state index in [1.165, 1.54) is 11.1 Å². The smallest absolute Gasteiger partial charge is 0.253 e. The van der Waals surface area contributed by atoms with Crippen LogP contribution in [0.15, 0.2) is 54.6 Å². The zero-order valence-corrected chi connectivity index (χ0v) is 15.9. The van der Waals surface area contributed by atoms with Gasteiger partial charge in [-0.3, -0.25) is 4.79 Å². The summed E-state index contributed by atoms with van der Waals surface area (Å²) in [4.78, 5) is 12.6. The molecule has 0 saturated heterocycles. The Kier molecular flexibility index (Phi) is 4.88. The van der Waals surface area contributed by atoms with Crippen LogP contribution < -0.4 is 15.4 Å². The predicted molar refractivity (Wildman–Crippen MR) is 108 cm³/mol. The Hall–Kier alpha value is -2.75. The zero-order chi connectivity index (χ0) is 18.8. The van der Waals surface area contributed by atoms with Crippen molar-refractivity contribution < 1.29 is 9.53 Å². The van der Waals surface area contributed by atoms with Crippen molar-refractivity contribution in [3.63, 3.8) is 0 Å². The van der Waals surface area contributed by atoms with Gasteiger partial charge < -0.3 is 15.4 Å². The first-order chi connectivity index (χ1) is 13.2. The van der Waals surface area contributed by atoms with Crippen LogP contribution in [-0.2, 0) is 0 Å². The quantitative estimate of drug-likeness (QED) is 0.761. The van der Waals surface area contributed by atoms with E-state index in [0.29, 0.717) is 25.0 Å². The van der Waals surface area contributed by atoms with Crippen molar-refractivity contribution in [1.82, 2.24) is 5.32 Å². The van der Waals surface area contributed by atoms with E-state index in [4.69, 9.17) is 4.74 Å². The van der Waals surface area contributed by atoms with Gasteiger partial charge in [-0.1, -0.05) is 36.4 Å². The Morgan fingerprint density at radius 2 is 2.00 bits per heavy atom. The van der Waals surface area contributed by atoms with Crippen molar-refractivity contribution in [2.75, 3.05) is 18.5 Å². The molecule has 1 amide bonds. The summed E-state index contributed by atoms with van der Waals surface area (Å²) in [5, 5.41) is 6.64. The molecule has 0 radical (unpaired) electrons. The molecular weight excluding hydrogens is 336 g/mol. The highest BCUT2D eigenvalue weighted by Crippen LogP contribution is 2.50. The molecular formula is C23H26N2O2. The van der Waals surface area contributed by atoms with Crippen LogP contribution in [0.3, 0.4) is 0 Å². The van der Waals surface area contributed by atoms with Gasteiger partial charge in [0.2, 0.25) is 0 Å². The van der Waals surface area contributed by atoms with E-state index in [0.717, 1.165) is 23.4 Å². The Bertz CT molecular complexity index is 857. The fourth-order valence-corrected chi connectivity index (χ4v) is 4.33. The van der Waals surface area contributed by atoms with Gasteiger partial charge in [-0.05, 0) is 55.5 Å². The highest BCUT2D eigenvalue weighted by molar-refractivity contribution is 6.00. The molecule has 3 atom stereocenters. The van der Waals surface area contributed by atoms with Crippen molar-refractivity contribution in [3.05, 3.63) is 71.3 Å². The molecule has 0 aromatic heterocycles. The summed E-state index contributed by atoms with van der Waals surface area (Å²) >= 11 is 0. The predicted octanol–water partition coefficient (Wildman–Crippen LogP) is 4.66. The van der Waals surface area contributed by atoms with Gasteiger partial charge in [0.1, 0.15) is 5.75 Å². The molecule has 1 aliphatic carbocycles. The lowest BCUT2D eigenvalue weighted by Crippen LogP contribution is -2.32. The number of hydrogen-bond donors (Lipinski definition) is 2. The molecule has 0 fully saturated rings. The normalized spacial score (nSPS) is 22.5. The van der Waals surface area contributed by atoms with Crippen LogP contribution >= 0.6 is 0 Å². The number of carbonyl (C=O) groups is 1. The minimum absolute atomic E-state index is 0.0206. The molecule has 2 aromatic carbocycles. The van der Waals surface area contributed by atoms with Crippen LogP contribution in [0.25, 0.3) is 0 Å². The van der Waals surface area contributed by atoms with Gasteiger partial charge in [0, 0.05) is 12.5 Å². The summed E-state index contributed by atoms with van der Waals surface area (Å²) in [5.41, 5.74) is 4.15. The summed E-state index contributed by atoms with van der Waals surface area (Å²) in [5.74, 6) is 1.67. The summed E-state index contributed by atoms with van der Waals surface area (Å²) < 4.78 is 5.58. The second-order valence-corrected chi connectivity index (χ2v) is 7.11. The zero-order valence-electron chi connectivity index (χ0n) is 15.9. The Morgan fingerprint density at radius 3 is 2.74 bits per heavy atom. The molecule has 4 rings (SSSR count). The Morgan fingerprint density at radius 1 is 1.19 bits per heavy atom. The molecule has 2 aromatic rings. The highest BCUT2D eigenvalue weighted by Gasteiger charge is 2.39. The van der Waals surface area contributed by atoms with Crippen molar-refractivity contribution in [3.8, 4) is 5.75 Å². The van der Waals surface area contributed by atoms with E-state index < -0.39 is 0 Å². The third-order valence-corrected chi connectivity index (χ3v) is 5.53. The number of fused-ring (bicyclic) bond motifs is 3. The van der Waals surface area contributed by atoms with E-state index in [1.54, 1.807) is 0 Å². The molecule has 4 nitrogen and oxygen atoms in total. The van der Waals surface area contributed by atoms with Crippen LogP contribution in [0, 0.1) is 5.92 Å². The molecule has 0 spiro atoms. The average Bonchev–Trinajstić information content (AvgIpc) is 3.18. The summed E-state index contributed by atoms with van der Waals surface area (Å²) in [6.07, 6.45) is 5.61. The van der Waals surface area contributed by atoms with Gasteiger partial charge in [-0.25, -0.2) is 0 Å². The van der Waals surface area contributed by atoms with Crippen molar-refractivity contribution in [2.45, 2.75) is 32.2 Å². The van der Waals surface area contributed by atoms with E-state index in [2.05, 4.69) is 41.0 Å². The summed E-state index contributed by atoms with van der Waals surface area (Å²) in [6, 6.07) is 14.6. The van der Waals surface area contributed by atoms with Gasteiger partial charge in [-0.15, -0.1) is 0 Å². The van der Waals surface area contributed by atoms with Gasteiger partial charge in [-0.2, -0.15) is 0 Å². The topological polar surface area (TPSA) is 50.4 Å². The maximum atomic E-state index is 12.6. The number of nitrogens with one attached hydrogen (secondary N) is 2. The number of amides is 1. The van der Waals surface area contributed by atoms with Crippen LogP contribution in [0.2, 0.25) is 0 Å². The van der Waals surface area contributed by atoms with Crippen LogP contribution in [0.1, 0.15) is 53.7 Å². The lowest BCUT2D eigenvalue weighted by molar-refractivity contribution is 0.0956. The second-order valence-electron chi connectivity index (χ2n) is 7.11. The SMILES string of the molecule is CCNC(=O)c1cccc2c1NC(c1ccc(OCC)cc1)C1CC=CC21. The molecule has 2 N–H and O–H groups in total. The number of ether oxygens (including phenoxy) is 1. The average molecular weight is 362 g/mol. The first kappa shape index (κ1) is 17.7. The number of anilines is 1. The largest absolute Gasteiger partial charge is 0.494 e. The Balaban J connectivity index is 1.72. The van der Waals surface area contributed by atoms with Gasteiger partial charge in [0.25, 0.3) is 5.91 Å². The van der Waals surface area contributed by atoms with Crippen molar-refractivity contribution >= 4 is 11.6 Å². The summed E-state index contributed by atoms with van der Waals surface area (Å²) in [7, 11) is 0. The monoisotopic (exact) mass is 362 g/mol. The molecule has 4 heteroatoms. The van der Waals surface area contributed by atoms with Crippen molar-refractivity contribution in [2.24, 2.45) is 5.92 Å². The number of para-hydroxylation sites is 1. The first-order valence-corrected chi connectivity index (χ1v) is 9.80. The highest BCUT2D eigenvalue weighted by atomic mass is 16.5. The van der Waals surface area contributed by atoms with Gasteiger partial charge in [0.15, 0.2) is 0 Å². The Labute approximate surface area is 160 Å². The lowest BCUT2D eigenvalue weighted by Gasteiger charge is -2.38. The third-order valence-electron chi connectivity index (χ3n) is 5.53. The minimum atomic E-state index is -0.0206. The van der Waals surface area contributed by atoms with Crippen LogP contribution in [0.4, 0.5) is 5.69 Å². The maximum absolute atomic E-state index is 12.6. The lowest BCUT2D eigenvalue weighted by atomic mass is 9.76. The molecule has 0 saturated carbocycles. The fourth-order valence-electron chi connectivity index (χ4n) is 4.33. The molecule has 1 heterocycles. The third kappa shape index (κ3) is 3.20. The van der Waals surface area contributed by atoms with Gasteiger partial charge in [0.05, 0.1) is 23.9 Å². The van der Waals surface area contributed by atoms with Crippen LogP contribution in [-0.4, -0.2) is 19.1 Å². The minimum Gasteiger partial charge on any atom is -0.494 e. The number of allylic oxidation sites excluding steroid dienone is 2. The summed E-state index contributed by atoms with van der Waals surface area (Å²) in [6.45, 7) is 5.22. The molecule has 27 heavy (non-hydrogen) atoms. The number of rotatable bonds is 5. The second kappa shape index (κ2) is 7.47. The maximum Gasteiger partial charge on any atom is 0.253 e. The van der Waals surface area contributed by atoms with E-state index in [9.17, 15) is 4.79 Å². The molecule has 2 aliphatic rings. The molecule has 140 valence electrons. The number of hydrogen-bond acceptors (Lipinski definition) is 3. The molecule has 3 unspecified atom stereocenters. The van der Waals surface area contributed by atoms with E-state index in [1.807, 2.05) is 38.1 Å². The standard InChI is InChI=1S/C23H26N2O2/c1-3-24-23(26)20-10-6-9-19-17-7-5-8-18(17)21(25-22(19)20)15-11-13-16(14-12-15)27-4-2/h5-7,9-14,17-18,21,25H,3-4,8H2,1-2H3,(H,24,26). The number of benzene rings is 2. The van der Waals surface area contributed by atoms with Crippen molar-refractivity contribution in [1.29, 1.82) is 0 Å². The van der Waals surface area contributed by atoms with Crippen LogP contribution in [0.5, 0.6) is 5.75 Å². The molecule has 0 bridgehead atoms. The fraction of sp³-hybridized carbons (Fsp3) is 0.348. The molecule has 1 aliphatic heterocycles. The van der Waals surface area contributed by atoms with E-state index >= 15 is 0 Å². The van der Waals surface area contributed by atoms with Gasteiger partial charge >= 0.3 is 0 Å². The first-order valence-electron chi connectivity index (χ1n) is 9.80. The number of carbonyl (C=O) groups excluding carboxylic acids is 1. The van der Waals surface area contributed by atoms with E-state index in [-0.39, 0.29) is 11.9 Å².